The number of alkyl halides is 2. The van der Waals surface area contributed by atoms with Gasteiger partial charge in [-0.2, -0.15) is 0 Å². The molecule has 0 aliphatic carbocycles. The van der Waals surface area contributed by atoms with Crippen molar-refractivity contribution >= 4 is 5.69 Å². The van der Waals surface area contributed by atoms with E-state index in [1.807, 2.05) is 4.90 Å². The maximum absolute atomic E-state index is 12.9. The molecule has 100 valence electrons. The highest BCUT2D eigenvalue weighted by Crippen LogP contribution is 2.33. The fourth-order valence-electron chi connectivity index (χ4n) is 2.65. The van der Waals surface area contributed by atoms with Crippen molar-refractivity contribution in [2.45, 2.75) is 33.1 Å². The van der Waals surface area contributed by atoms with Crippen LogP contribution in [0.1, 0.15) is 38.7 Å². The lowest BCUT2D eigenvalue weighted by Gasteiger charge is -2.36. The molecule has 0 bridgehead atoms. The Hall–Kier alpha value is -1.19. The van der Waals surface area contributed by atoms with E-state index >= 15 is 0 Å². The van der Waals surface area contributed by atoms with E-state index in [2.05, 4.69) is 18.8 Å². The van der Waals surface area contributed by atoms with Crippen LogP contribution in [-0.2, 0) is 0 Å². The largest absolute Gasteiger partial charge is 0.370 e. The number of hydrogen-bond donors (Lipinski definition) is 0. The van der Waals surface area contributed by atoms with Gasteiger partial charge in [0.25, 0.3) is 6.43 Å². The van der Waals surface area contributed by atoms with E-state index in [0.717, 1.165) is 25.9 Å². The van der Waals surface area contributed by atoms with Gasteiger partial charge >= 0.3 is 0 Å². The molecule has 18 heavy (non-hydrogen) atoms. The zero-order valence-electron chi connectivity index (χ0n) is 10.9. The fourth-order valence-corrected chi connectivity index (χ4v) is 2.65. The second-order valence-corrected chi connectivity index (χ2v) is 5.30. The van der Waals surface area contributed by atoms with Gasteiger partial charge in [-0.3, -0.25) is 4.98 Å². The van der Waals surface area contributed by atoms with Crippen LogP contribution in [-0.4, -0.2) is 18.1 Å². The molecule has 1 aromatic heterocycles. The molecule has 1 saturated heterocycles. The molecule has 2 heterocycles. The van der Waals surface area contributed by atoms with E-state index in [9.17, 15) is 8.78 Å². The topological polar surface area (TPSA) is 16.1 Å². The maximum Gasteiger partial charge on any atom is 0.265 e. The summed E-state index contributed by atoms with van der Waals surface area (Å²) in [4.78, 5) is 6.03. The summed E-state index contributed by atoms with van der Waals surface area (Å²) in [7, 11) is 0. The Morgan fingerprint density at radius 1 is 1.28 bits per heavy atom. The van der Waals surface area contributed by atoms with Gasteiger partial charge in [-0.25, -0.2) is 8.78 Å². The summed E-state index contributed by atoms with van der Waals surface area (Å²) < 4.78 is 25.9. The second kappa shape index (κ2) is 5.63. The number of pyridine rings is 1. The van der Waals surface area contributed by atoms with Crippen LogP contribution in [0, 0.1) is 11.8 Å². The van der Waals surface area contributed by atoms with Crippen molar-refractivity contribution in [3.05, 3.63) is 24.0 Å². The number of anilines is 1. The van der Waals surface area contributed by atoms with Crippen LogP contribution in [0.3, 0.4) is 0 Å². The summed E-state index contributed by atoms with van der Waals surface area (Å²) >= 11 is 0. The summed E-state index contributed by atoms with van der Waals surface area (Å²) in [5.41, 5.74) is 0.711. The van der Waals surface area contributed by atoms with Crippen LogP contribution in [0.15, 0.2) is 18.5 Å². The van der Waals surface area contributed by atoms with Crippen LogP contribution in [0.5, 0.6) is 0 Å². The highest BCUT2D eigenvalue weighted by Gasteiger charge is 2.24. The first-order chi connectivity index (χ1) is 8.59. The Balaban J connectivity index is 2.10. The molecule has 0 atom stereocenters. The first-order valence-electron chi connectivity index (χ1n) is 6.56. The van der Waals surface area contributed by atoms with E-state index in [0.29, 0.717) is 17.5 Å². The van der Waals surface area contributed by atoms with Crippen molar-refractivity contribution in [3.8, 4) is 0 Å². The summed E-state index contributed by atoms with van der Waals surface area (Å²) in [6, 6.07) is 1.43. The molecule has 0 N–H and O–H groups in total. The van der Waals surface area contributed by atoms with Crippen molar-refractivity contribution in [2.75, 3.05) is 18.0 Å². The molecular formula is C14H20F2N2. The minimum atomic E-state index is -2.43. The van der Waals surface area contributed by atoms with Crippen LogP contribution >= 0.6 is 0 Å². The zero-order chi connectivity index (χ0) is 13.1. The van der Waals surface area contributed by atoms with E-state index in [-0.39, 0.29) is 5.56 Å². The van der Waals surface area contributed by atoms with Crippen molar-refractivity contribution in [2.24, 2.45) is 11.8 Å². The van der Waals surface area contributed by atoms with Crippen molar-refractivity contribution in [3.63, 3.8) is 0 Å². The number of hydrogen-bond acceptors (Lipinski definition) is 2. The molecule has 1 fully saturated rings. The molecule has 0 radical (unpaired) electrons. The second-order valence-electron chi connectivity index (χ2n) is 5.30. The molecule has 1 aliphatic rings. The van der Waals surface area contributed by atoms with Gasteiger partial charge in [0.15, 0.2) is 0 Å². The number of rotatable bonds is 3. The van der Waals surface area contributed by atoms with E-state index < -0.39 is 6.43 Å². The molecule has 2 nitrogen and oxygen atoms in total. The molecule has 1 aromatic rings. The third-order valence-corrected chi connectivity index (χ3v) is 3.89. The van der Waals surface area contributed by atoms with Gasteiger partial charge < -0.3 is 4.90 Å². The number of aromatic nitrogens is 1. The SMILES string of the molecule is CC(C)C1CCN(c2cnccc2C(F)F)CC1. The lowest BCUT2D eigenvalue weighted by molar-refractivity contribution is 0.151. The highest BCUT2D eigenvalue weighted by atomic mass is 19.3. The highest BCUT2D eigenvalue weighted by molar-refractivity contribution is 5.52. The molecular weight excluding hydrogens is 234 g/mol. The monoisotopic (exact) mass is 254 g/mol. The van der Waals surface area contributed by atoms with Gasteiger partial charge in [0, 0.05) is 24.8 Å². The summed E-state index contributed by atoms with van der Waals surface area (Å²) in [6.07, 6.45) is 2.74. The van der Waals surface area contributed by atoms with Gasteiger partial charge in [-0.15, -0.1) is 0 Å². The number of piperidine rings is 1. The van der Waals surface area contributed by atoms with Crippen molar-refractivity contribution < 1.29 is 8.78 Å². The van der Waals surface area contributed by atoms with Crippen LogP contribution in [0.4, 0.5) is 14.5 Å². The standard InChI is InChI=1S/C14H20F2N2/c1-10(2)11-4-7-18(8-5-11)13-9-17-6-3-12(13)14(15)16/h3,6,9-11,14H,4-5,7-8H2,1-2H3. The molecule has 0 spiro atoms. The van der Waals surface area contributed by atoms with Crippen LogP contribution in [0.25, 0.3) is 0 Å². The van der Waals surface area contributed by atoms with E-state index in [1.165, 1.54) is 12.3 Å². The molecule has 4 heteroatoms. The Labute approximate surface area is 107 Å². The van der Waals surface area contributed by atoms with Gasteiger partial charge in [-0.1, -0.05) is 13.8 Å². The first kappa shape index (κ1) is 13.2. The van der Waals surface area contributed by atoms with Gasteiger partial charge in [0.05, 0.1) is 11.9 Å². The third-order valence-electron chi connectivity index (χ3n) is 3.89. The Morgan fingerprint density at radius 2 is 1.94 bits per heavy atom. The van der Waals surface area contributed by atoms with Gasteiger partial charge in [0.2, 0.25) is 0 Å². The predicted molar refractivity (Wildman–Crippen MR) is 69.0 cm³/mol. The average molecular weight is 254 g/mol. The van der Waals surface area contributed by atoms with Gasteiger partial charge in [-0.05, 0) is 30.7 Å². The van der Waals surface area contributed by atoms with Crippen molar-refractivity contribution in [1.82, 2.24) is 4.98 Å². The summed E-state index contributed by atoms with van der Waals surface area (Å²) in [5.74, 6) is 1.39. The van der Waals surface area contributed by atoms with Crippen LogP contribution in [0.2, 0.25) is 0 Å². The lowest BCUT2D eigenvalue weighted by atomic mass is 9.86. The Morgan fingerprint density at radius 3 is 2.50 bits per heavy atom. The number of nitrogens with zero attached hydrogens (tertiary/aromatic N) is 2. The fraction of sp³-hybridized carbons (Fsp3) is 0.643. The molecule has 0 aromatic carbocycles. The maximum atomic E-state index is 12.9. The molecule has 0 amide bonds. The van der Waals surface area contributed by atoms with Crippen molar-refractivity contribution in [1.29, 1.82) is 0 Å². The summed E-state index contributed by atoms with van der Waals surface area (Å²) in [6.45, 7) is 6.17. The van der Waals surface area contributed by atoms with E-state index in [1.54, 1.807) is 6.20 Å². The molecule has 1 aliphatic heterocycles. The molecule has 0 unspecified atom stereocenters. The Kier molecular flexibility index (Phi) is 4.15. The average Bonchev–Trinajstić information content (AvgIpc) is 2.39. The lowest BCUT2D eigenvalue weighted by Crippen LogP contribution is -2.35. The normalized spacial score (nSPS) is 17.8. The predicted octanol–water partition coefficient (Wildman–Crippen LogP) is 3.89. The minimum absolute atomic E-state index is 0.105. The van der Waals surface area contributed by atoms with Crippen LogP contribution < -0.4 is 4.90 Å². The first-order valence-corrected chi connectivity index (χ1v) is 6.56. The minimum Gasteiger partial charge on any atom is -0.370 e. The molecule has 0 saturated carbocycles. The quantitative estimate of drug-likeness (QED) is 0.813. The zero-order valence-corrected chi connectivity index (χ0v) is 10.9. The van der Waals surface area contributed by atoms with Gasteiger partial charge in [0.1, 0.15) is 0 Å². The molecule has 2 rings (SSSR count). The smallest absolute Gasteiger partial charge is 0.265 e. The van der Waals surface area contributed by atoms with E-state index in [4.69, 9.17) is 0 Å². The number of halogens is 2. The summed E-state index contributed by atoms with van der Waals surface area (Å²) in [5, 5.41) is 0. The third kappa shape index (κ3) is 2.79. The Bertz CT molecular complexity index is 385.